The molecule has 1 aliphatic rings. The molecule has 1 aliphatic heterocycles. The van der Waals surface area contributed by atoms with Crippen LogP contribution in [0.1, 0.15) is 6.23 Å². The summed E-state index contributed by atoms with van der Waals surface area (Å²) >= 11 is 0. The molecule has 1 aromatic rings. The first-order valence-corrected chi connectivity index (χ1v) is 7.15. The van der Waals surface area contributed by atoms with Gasteiger partial charge in [-0.3, -0.25) is 9.13 Å². The van der Waals surface area contributed by atoms with Crippen molar-refractivity contribution in [3.05, 3.63) is 22.7 Å². The van der Waals surface area contributed by atoms with Crippen LogP contribution in [0, 0.1) is 0 Å². The van der Waals surface area contributed by atoms with Gasteiger partial charge in [0.05, 0.1) is 6.61 Å². The number of phosphoric ester groups is 1. The largest absolute Gasteiger partial charge is 2.00 e. The van der Waals surface area contributed by atoms with Crippen molar-refractivity contribution in [2.45, 2.75) is 24.5 Å². The summed E-state index contributed by atoms with van der Waals surface area (Å²) in [4.78, 5) is 34.0. The average Bonchev–Trinajstić information content (AvgIpc) is 2.65. The molecule has 0 amide bonds. The molecule has 0 saturated carbocycles. The predicted molar refractivity (Wildman–Crippen MR) is 65.4 cm³/mol. The number of nitrogens with zero attached hydrogens (tertiary/aromatic N) is 2. The van der Waals surface area contributed by atoms with E-state index in [1.54, 1.807) is 0 Å². The molecule has 11 nitrogen and oxygen atoms in total. The standard InChI is InChI=1S/C9H13N2O9P.Sr/c12-3-4-7(20-21(16,17)18)6(14)8(19-4)11-2-1-5(13)10-9(11)15;/h1-2,4,6-8,12,14H,3H2,(H,10,13,15)(H2,16,17,18);/q;+2/p-2/t4-,6-,7-,8-;/m1./s1. The van der Waals surface area contributed by atoms with Gasteiger partial charge in [0, 0.05) is 6.20 Å². The molecule has 0 aromatic carbocycles. The minimum atomic E-state index is -5.19. The first-order valence-electron chi connectivity index (χ1n) is 5.65. The molecule has 2 rings (SSSR count). The van der Waals surface area contributed by atoms with Crippen molar-refractivity contribution in [2.24, 2.45) is 0 Å². The van der Waals surface area contributed by atoms with Gasteiger partial charge in [0.2, 0.25) is 0 Å². The van der Waals surface area contributed by atoms with E-state index in [-0.39, 0.29) is 45.5 Å². The molecular formula is C9H11N2O9PSr. The molecule has 0 aliphatic carbocycles. The van der Waals surface area contributed by atoms with Crippen molar-refractivity contribution in [3.8, 4) is 5.88 Å². The summed E-state index contributed by atoms with van der Waals surface area (Å²) in [6.07, 6.45) is -5.06. The molecule has 22 heavy (non-hydrogen) atoms. The van der Waals surface area contributed by atoms with E-state index >= 15 is 0 Å². The topological polar surface area (TPSA) is 177 Å². The van der Waals surface area contributed by atoms with Crippen LogP contribution in [-0.2, 0) is 13.8 Å². The van der Waals surface area contributed by atoms with E-state index < -0.39 is 50.5 Å². The Morgan fingerprint density at radius 3 is 2.68 bits per heavy atom. The molecule has 1 aromatic heterocycles. The second-order valence-corrected chi connectivity index (χ2v) is 5.38. The molecule has 1 fully saturated rings. The Balaban J connectivity index is 0.00000242. The van der Waals surface area contributed by atoms with E-state index in [1.165, 1.54) is 0 Å². The summed E-state index contributed by atoms with van der Waals surface area (Å²) in [6.45, 7) is -0.736. The van der Waals surface area contributed by atoms with E-state index in [4.69, 9.17) is 14.7 Å². The summed E-state index contributed by atoms with van der Waals surface area (Å²) in [5.74, 6) is -0.797. The van der Waals surface area contributed by atoms with Crippen LogP contribution in [0.2, 0.25) is 0 Å². The SMILES string of the molecule is O=c1nc([O-])ccn1[C@@H]1O[C@H](CO)[C@@H](OP(=O)([O-])O)[C@H]1O.[Sr+2]. The zero-order valence-corrected chi connectivity index (χ0v) is 15.4. The van der Waals surface area contributed by atoms with E-state index in [0.29, 0.717) is 0 Å². The minimum Gasteiger partial charge on any atom is -0.858 e. The zero-order valence-electron chi connectivity index (χ0n) is 11.0. The van der Waals surface area contributed by atoms with Crippen LogP contribution < -0.4 is 15.7 Å². The molecule has 13 heteroatoms. The van der Waals surface area contributed by atoms with Crippen LogP contribution in [0.15, 0.2) is 17.1 Å². The van der Waals surface area contributed by atoms with Gasteiger partial charge in [0.25, 0.3) is 7.82 Å². The second-order valence-electron chi connectivity index (χ2n) is 4.23. The van der Waals surface area contributed by atoms with Crippen molar-refractivity contribution < 1.29 is 38.9 Å². The third-order valence-corrected chi connectivity index (χ3v) is 3.33. The van der Waals surface area contributed by atoms with Gasteiger partial charge in [0.15, 0.2) is 6.23 Å². The number of rotatable bonds is 4. The molecule has 1 saturated heterocycles. The maximum absolute atomic E-state index is 11.6. The quantitative estimate of drug-likeness (QED) is 0.328. The summed E-state index contributed by atoms with van der Waals surface area (Å²) in [5, 5.41) is 30.0. The Kier molecular flexibility index (Phi) is 7.17. The number of hydrogen-bond donors (Lipinski definition) is 3. The third kappa shape index (κ3) is 4.58. The fourth-order valence-electron chi connectivity index (χ4n) is 1.97. The fourth-order valence-corrected chi connectivity index (χ4v) is 2.54. The molecular weight excluding hydrogens is 399 g/mol. The Labute approximate surface area is 160 Å². The van der Waals surface area contributed by atoms with E-state index in [1.807, 2.05) is 0 Å². The smallest absolute Gasteiger partial charge is 0.858 e. The Hall–Kier alpha value is 0.151. The number of ether oxygens (including phenoxy) is 1. The first-order chi connectivity index (χ1) is 9.73. The van der Waals surface area contributed by atoms with Crippen molar-refractivity contribution in [2.75, 3.05) is 6.61 Å². The van der Waals surface area contributed by atoms with Crippen LogP contribution >= 0.6 is 7.82 Å². The Morgan fingerprint density at radius 1 is 1.55 bits per heavy atom. The molecule has 1 unspecified atom stereocenters. The maximum Gasteiger partial charge on any atom is 2.00 e. The number of aliphatic hydroxyl groups is 2. The number of phosphoric acid groups is 1. The van der Waals surface area contributed by atoms with Crippen LogP contribution in [0.3, 0.4) is 0 Å². The maximum atomic E-state index is 11.6. The molecule has 2 heterocycles. The molecule has 0 spiro atoms. The number of aromatic nitrogens is 2. The van der Waals surface area contributed by atoms with Crippen LogP contribution in [0.4, 0.5) is 0 Å². The normalized spacial score (nSPS) is 30.5. The van der Waals surface area contributed by atoms with Crippen LogP contribution in [0.25, 0.3) is 0 Å². The van der Waals surface area contributed by atoms with Gasteiger partial charge >= 0.3 is 51.2 Å². The van der Waals surface area contributed by atoms with Crippen molar-refractivity contribution >= 4 is 53.3 Å². The third-order valence-electron chi connectivity index (χ3n) is 2.82. The number of aliphatic hydroxyl groups excluding tert-OH is 2. The fraction of sp³-hybridized carbons (Fsp3) is 0.556. The van der Waals surface area contributed by atoms with Gasteiger partial charge < -0.3 is 34.4 Å². The summed E-state index contributed by atoms with van der Waals surface area (Å²) in [6, 6.07) is 0.935. The van der Waals surface area contributed by atoms with Crippen LogP contribution in [-0.4, -0.2) is 95.1 Å². The predicted octanol–water partition coefficient (Wildman–Crippen LogP) is -3.97. The van der Waals surface area contributed by atoms with E-state index in [0.717, 1.165) is 16.8 Å². The van der Waals surface area contributed by atoms with Gasteiger partial charge in [-0.1, -0.05) is 0 Å². The van der Waals surface area contributed by atoms with Gasteiger partial charge in [-0.2, -0.15) is 0 Å². The second kappa shape index (κ2) is 7.81. The van der Waals surface area contributed by atoms with Gasteiger partial charge in [-0.15, -0.1) is 0 Å². The first kappa shape index (κ1) is 20.2. The molecule has 5 atom stereocenters. The molecule has 0 bridgehead atoms. The molecule has 3 N–H and O–H groups in total. The Bertz CT molecular complexity index is 619. The summed E-state index contributed by atoms with van der Waals surface area (Å²) < 4.78 is 20.8. The van der Waals surface area contributed by atoms with E-state index in [2.05, 4.69) is 9.51 Å². The molecule has 118 valence electrons. The van der Waals surface area contributed by atoms with Gasteiger partial charge in [-0.25, -0.2) is 9.78 Å². The Morgan fingerprint density at radius 2 is 2.18 bits per heavy atom. The van der Waals surface area contributed by atoms with Crippen molar-refractivity contribution in [1.29, 1.82) is 0 Å². The average molecular weight is 410 g/mol. The molecule has 0 radical (unpaired) electrons. The van der Waals surface area contributed by atoms with Crippen molar-refractivity contribution in [3.63, 3.8) is 0 Å². The zero-order chi connectivity index (χ0) is 15.8. The number of hydrogen-bond acceptors (Lipinski definition) is 9. The summed E-state index contributed by atoms with van der Waals surface area (Å²) in [5.41, 5.74) is -1.03. The summed E-state index contributed by atoms with van der Waals surface area (Å²) in [7, 11) is -5.19. The van der Waals surface area contributed by atoms with Crippen molar-refractivity contribution in [1.82, 2.24) is 9.55 Å². The van der Waals surface area contributed by atoms with Crippen LogP contribution in [0.5, 0.6) is 5.88 Å². The van der Waals surface area contributed by atoms with Gasteiger partial charge in [0.1, 0.15) is 18.3 Å². The van der Waals surface area contributed by atoms with Gasteiger partial charge in [-0.05, 0) is 11.9 Å². The monoisotopic (exact) mass is 410 g/mol. The van der Waals surface area contributed by atoms with E-state index in [9.17, 15) is 24.5 Å². The minimum absolute atomic E-state index is 0.